The monoisotopic (exact) mass is 265 g/mol. The maximum atomic E-state index is 11.8. The van der Waals surface area contributed by atoms with E-state index in [-0.39, 0.29) is 18.5 Å². The van der Waals surface area contributed by atoms with Crippen LogP contribution in [0, 0.1) is 0 Å². The average Bonchev–Trinajstić information content (AvgIpc) is 2.35. The maximum absolute atomic E-state index is 11.8. The van der Waals surface area contributed by atoms with Gasteiger partial charge in [0.05, 0.1) is 12.6 Å². The molecule has 0 spiro atoms. The van der Waals surface area contributed by atoms with Crippen molar-refractivity contribution in [3.8, 4) is 0 Å². The van der Waals surface area contributed by atoms with Crippen molar-refractivity contribution in [2.24, 2.45) is 0 Å². The highest BCUT2D eigenvalue weighted by Gasteiger charge is 2.13. The summed E-state index contributed by atoms with van der Waals surface area (Å²) in [5.41, 5.74) is 0.799. The fraction of sp³-hybridized carbons (Fsp3) is 0.571. The van der Waals surface area contributed by atoms with Crippen LogP contribution in [-0.4, -0.2) is 35.1 Å². The number of nitrogens with zero attached hydrogens (tertiary/aromatic N) is 2. The van der Waals surface area contributed by atoms with Gasteiger partial charge in [0.15, 0.2) is 0 Å². The van der Waals surface area contributed by atoms with Crippen molar-refractivity contribution in [3.05, 3.63) is 23.9 Å². The molecule has 0 bridgehead atoms. The minimum atomic E-state index is -0.537. The number of aliphatic hydroxyl groups excluding tert-OH is 1. The Morgan fingerprint density at radius 1 is 1.47 bits per heavy atom. The third kappa shape index (κ3) is 4.87. The van der Waals surface area contributed by atoms with Gasteiger partial charge in [0, 0.05) is 18.8 Å². The third-order valence-corrected chi connectivity index (χ3v) is 2.74. The summed E-state index contributed by atoms with van der Waals surface area (Å²) in [5.74, 6) is 0.681. The lowest BCUT2D eigenvalue weighted by atomic mass is 10.1. The number of rotatable bonds is 6. The predicted octanol–water partition coefficient (Wildman–Crippen LogP) is 1.49. The van der Waals surface area contributed by atoms with Gasteiger partial charge in [0.1, 0.15) is 5.82 Å². The number of pyridine rings is 1. The van der Waals surface area contributed by atoms with Crippen molar-refractivity contribution in [2.45, 2.75) is 39.8 Å². The first-order chi connectivity index (χ1) is 8.93. The summed E-state index contributed by atoms with van der Waals surface area (Å²) in [6.45, 7) is 8.49. The molecule has 1 aromatic heterocycles. The second-order valence-corrected chi connectivity index (χ2v) is 4.86. The zero-order chi connectivity index (χ0) is 14.4. The van der Waals surface area contributed by atoms with Crippen LogP contribution in [0.2, 0.25) is 0 Å². The summed E-state index contributed by atoms with van der Waals surface area (Å²) in [6.07, 6.45) is 1.12. The summed E-state index contributed by atoms with van der Waals surface area (Å²) >= 11 is 0. The predicted molar refractivity (Wildman–Crippen MR) is 76.0 cm³/mol. The Labute approximate surface area is 114 Å². The van der Waals surface area contributed by atoms with Crippen LogP contribution in [0.5, 0.6) is 0 Å². The van der Waals surface area contributed by atoms with E-state index in [1.165, 1.54) is 0 Å². The van der Waals surface area contributed by atoms with Crippen molar-refractivity contribution >= 4 is 11.7 Å². The summed E-state index contributed by atoms with van der Waals surface area (Å²) in [4.78, 5) is 17.9. The van der Waals surface area contributed by atoms with Crippen molar-refractivity contribution in [1.29, 1.82) is 0 Å². The van der Waals surface area contributed by atoms with E-state index in [0.29, 0.717) is 12.4 Å². The number of amides is 1. The van der Waals surface area contributed by atoms with E-state index in [2.05, 4.69) is 10.3 Å². The minimum absolute atomic E-state index is 0.0268. The Balaban J connectivity index is 2.79. The normalized spacial score (nSPS) is 12.3. The molecule has 106 valence electrons. The molecule has 1 amide bonds. The highest BCUT2D eigenvalue weighted by Crippen LogP contribution is 2.17. The maximum Gasteiger partial charge on any atom is 0.239 e. The molecular formula is C14H23N3O2. The van der Waals surface area contributed by atoms with Crippen LogP contribution in [-0.2, 0) is 4.79 Å². The lowest BCUT2D eigenvalue weighted by molar-refractivity contribution is -0.120. The molecule has 1 rings (SSSR count). The van der Waals surface area contributed by atoms with E-state index < -0.39 is 6.10 Å². The topological polar surface area (TPSA) is 65.5 Å². The first kappa shape index (κ1) is 15.4. The first-order valence-corrected chi connectivity index (χ1v) is 6.62. The highest BCUT2D eigenvalue weighted by molar-refractivity contribution is 5.81. The second-order valence-electron chi connectivity index (χ2n) is 4.86. The molecule has 1 unspecified atom stereocenters. The largest absolute Gasteiger partial charge is 0.389 e. The summed E-state index contributed by atoms with van der Waals surface area (Å²) in [6, 6.07) is 3.72. The van der Waals surface area contributed by atoms with E-state index in [4.69, 9.17) is 0 Å². The Kier molecular flexibility index (Phi) is 5.76. The number of carbonyl (C=O) groups excluding carboxylic acids is 1. The van der Waals surface area contributed by atoms with Crippen molar-refractivity contribution in [1.82, 2.24) is 10.3 Å². The lowest BCUT2D eigenvalue weighted by Gasteiger charge is -2.22. The van der Waals surface area contributed by atoms with Gasteiger partial charge in [-0.1, -0.05) is 0 Å². The van der Waals surface area contributed by atoms with Crippen LogP contribution >= 0.6 is 0 Å². The number of carbonyl (C=O) groups is 1. The fourth-order valence-electron chi connectivity index (χ4n) is 1.76. The van der Waals surface area contributed by atoms with Crippen LogP contribution < -0.4 is 10.2 Å². The molecule has 0 aromatic carbocycles. The molecule has 5 nitrogen and oxygen atoms in total. The quantitative estimate of drug-likeness (QED) is 0.818. The van der Waals surface area contributed by atoms with E-state index >= 15 is 0 Å². The molecule has 1 atom stereocenters. The molecule has 0 saturated heterocycles. The number of hydrogen-bond acceptors (Lipinski definition) is 4. The standard InChI is InChI=1S/C14H23N3O2/c1-5-17(9-14(19)16-10(2)3)13-8-12(11(4)18)6-7-15-13/h6-8,10-11,18H,5,9H2,1-4H3,(H,16,19). The first-order valence-electron chi connectivity index (χ1n) is 6.62. The van der Waals surface area contributed by atoms with Gasteiger partial charge >= 0.3 is 0 Å². The fourth-order valence-corrected chi connectivity index (χ4v) is 1.76. The van der Waals surface area contributed by atoms with Gasteiger partial charge in [0.2, 0.25) is 5.91 Å². The summed E-state index contributed by atoms with van der Waals surface area (Å²) in [5, 5.41) is 12.4. The molecule has 1 aromatic rings. The number of hydrogen-bond donors (Lipinski definition) is 2. The van der Waals surface area contributed by atoms with E-state index in [1.54, 1.807) is 19.2 Å². The molecule has 0 aliphatic rings. The number of nitrogens with one attached hydrogen (secondary N) is 1. The summed E-state index contributed by atoms with van der Waals surface area (Å²) in [7, 11) is 0. The third-order valence-electron chi connectivity index (χ3n) is 2.74. The Bertz CT molecular complexity index is 419. The average molecular weight is 265 g/mol. The van der Waals surface area contributed by atoms with Crippen LogP contribution in [0.25, 0.3) is 0 Å². The lowest BCUT2D eigenvalue weighted by Crippen LogP contribution is -2.40. The molecule has 1 heterocycles. The van der Waals surface area contributed by atoms with Crippen molar-refractivity contribution in [2.75, 3.05) is 18.0 Å². The SMILES string of the molecule is CCN(CC(=O)NC(C)C)c1cc(C(C)O)ccn1. The highest BCUT2D eigenvalue weighted by atomic mass is 16.3. The zero-order valence-electron chi connectivity index (χ0n) is 12.1. The molecule has 0 aliphatic carbocycles. The Morgan fingerprint density at radius 3 is 2.68 bits per heavy atom. The van der Waals surface area contributed by atoms with Gasteiger partial charge in [-0.05, 0) is 45.4 Å². The Hall–Kier alpha value is -1.62. The molecular weight excluding hydrogens is 242 g/mol. The van der Waals surface area contributed by atoms with Gasteiger partial charge in [-0.2, -0.15) is 0 Å². The second kappa shape index (κ2) is 7.09. The van der Waals surface area contributed by atoms with Gasteiger partial charge in [-0.25, -0.2) is 4.98 Å². The van der Waals surface area contributed by atoms with Crippen molar-refractivity contribution in [3.63, 3.8) is 0 Å². The molecule has 19 heavy (non-hydrogen) atoms. The molecule has 0 radical (unpaired) electrons. The Morgan fingerprint density at radius 2 is 2.16 bits per heavy atom. The van der Waals surface area contributed by atoms with Crippen LogP contribution in [0.4, 0.5) is 5.82 Å². The molecule has 2 N–H and O–H groups in total. The van der Waals surface area contributed by atoms with Crippen LogP contribution in [0.15, 0.2) is 18.3 Å². The van der Waals surface area contributed by atoms with Gasteiger partial charge in [0.25, 0.3) is 0 Å². The van der Waals surface area contributed by atoms with Crippen molar-refractivity contribution < 1.29 is 9.90 Å². The molecule has 0 aliphatic heterocycles. The molecule has 5 heteroatoms. The summed E-state index contributed by atoms with van der Waals surface area (Å²) < 4.78 is 0. The number of likely N-dealkylation sites (N-methyl/N-ethyl adjacent to an activating group) is 1. The zero-order valence-corrected chi connectivity index (χ0v) is 12.1. The van der Waals surface area contributed by atoms with Gasteiger partial charge in [-0.3, -0.25) is 4.79 Å². The van der Waals surface area contributed by atoms with E-state index in [1.807, 2.05) is 31.7 Å². The van der Waals surface area contributed by atoms with E-state index in [9.17, 15) is 9.90 Å². The number of aromatic nitrogens is 1. The van der Waals surface area contributed by atoms with Gasteiger partial charge < -0.3 is 15.3 Å². The number of aliphatic hydroxyl groups is 1. The smallest absolute Gasteiger partial charge is 0.239 e. The number of anilines is 1. The minimum Gasteiger partial charge on any atom is -0.389 e. The van der Waals surface area contributed by atoms with E-state index in [0.717, 1.165) is 5.56 Å². The molecule has 0 saturated carbocycles. The molecule has 0 fully saturated rings. The van der Waals surface area contributed by atoms with Crippen LogP contribution in [0.3, 0.4) is 0 Å². The van der Waals surface area contributed by atoms with Gasteiger partial charge in [-0.15, -0.1) is 0 Å². The van der Waals surface area contributed by atoms with Crippen LogP contribution in [0.1, 0.15) is 39.4 Å².